The average molecular weight is 566 g/mol. The maximum Gasteiger partial charge on any atom is 0.335 e. The molecule has 0 fully saturated rings. The molecule has 4 heteroatoms. The lowest BCUT2D eigenvalue weighted by atomic mass is 9.76. The van der Waals surface area contributed by atoms with E-state index in [4.69, 9.17) is 0 Å². The van der Waals surface area contributed by atoms with Gasteiger partial charge >= 0.3 is 5.97 Å². The first-order chi connectivity index (χ1) is 21.1. The largest absolute Gasteiger partial charge is 0.478 e. The van der Waals surface area contributed by atoms with Crippen molar-refractivity contribution in [2.24, 2.45) is 5.92 Å². The fourth-order valence-corrected chi connectivity index (χ4v) is 6.49. The second-order valence-electron chi connectivity index (χ2n) is 11.4. The topological polar surface area (TPSA) is 57.6 Å². The van der Waals surface area contributed by atoms with Crippen molar-refractivity contribution >= 4 is 11.9 Å². The van der Waals surface area contributed by atoms with E-state index in [-0.39, 0.29) is 29.9 Å². The van der Waals surface area contributed by atoms with Crippen molar-refractivity contribution in [2.45, 2.75) is 38.3 Å². The number of aryl methyl sites for hydroxylation is 1. The molecule has 0 aliphatic heterocycles. The first kappa shape index (κ1) is 28.2. The summed E-state index contributed by atoms with van der Waals surface area (Å²) >= 11 is 0. The highest BCUT2D eigenvalue weighted by molar-refractivity contribution is 5.89. The van der Waals surface area contributed by atoms with Crippen LogP contribution in [0.25, 0.3) is 11.1 Å². The number of carboxylic acid groups (broad SMARTS) is 1. The number of carboxylic acids is 1. The molecule has 0 heterocycles. The van der Waals surface area contributed by atoms with Crippen LogP contribution in [0, 0.1) is 5.92 Å². The van der Waals surface area contributed by atoms with Crippen LogP contribution in [-0.4, -0.2) is 21.9 Å². The van der Waals surface area contributed by atoms with E-state index < -0.39 is 5.97 Å². The number of nitrogens with zero attached hydrogens (tertiary/aromatic N) is 1. The van der Waals surface area contributed by atoms with Crippen molar-refractivity contribution in [2.75, 3.05) is 0 Å². The lowest BCUT2D eigenvalue weighted by Gasteiger charge is -2.42. The van der Waals surface area contributed by atoms with Crippen molar-refractivity contribution in [1.29, 1.82) is 0 Å². The molecule has 0 saturated carbocycles. The maximum atomic E-state index is 14.6. The summed E-state index contributed by atoms with van der Waals surface area (Å²) in [5, 5.41) is 9.36. The predicted octanol–water partition coefficient (Wildman–Crippen LogP) is 8.17. The Morgan fingerprint density at radius 3 is 2.05 bits per heavy atom. The van der Waals surface area contributed by atoms with Crippen LogP contribution < -0.4 is 0 Å². The molecule has 1 amide bonds. The van der Waals surface area contributed by atoms with E-state index in [1.165, 1.54) is 16.7 Å². The van der Waals surface area contributed by atoms with Gasteiger partial charge < -0.3 is 10.0 Å². The molecular weight excluding hydrogens is 530 g/mol. The Balaban J connectivity index is 1.38. The standard InChI is InChI=1S/C39H35NO3/c41-37(26-33-16-8-9-17-35(33)31-19-22-32(23-20-31)39(42)43)40(27-29-13-5-2-6-14-29)38-34(25-28-11-3-1-4-12-28)24-21-30-15-7-10-18-36(30)38/h1-20,22-23,34,38H,21,24-27H2,(H,42,43). The zero-order chi connectivity index (χ0) is 29.6. The third-order valence-corrected chi connectivity index (χ3v) is 8.60. The van der Waals surface area contributed by atoms with Gasteiger partial charge in [0.2, 0.25) is 5.91 Å². The number of carbonyl (C=O) groups is 2. The second-order valence-corrected chi connectivity index (χ2v) is 11.4. The number of aromatic carboxylic acids is 1. The molecule has 1 aliphatic rings. The summed E-state index contributed by atoms with van der Waals surface area (Å²) in [6.07, 6.45) is 3.18. The molecule has 2 unspecified atom stereocenters. The van der Waals surface area contributed by atoms with Crippen LogP contribution in [-0.2, 0) is 30.6 Å². The van der Waals surface area contributed by atoms with Crippen LogP contribution in [0.2, 0.25) is 0 Å². The Bertz CT molecular complexity index is 1700. The zero-order valence-electron chi connectivity index (χ0n) is 24.1. The van der Waals surface area contributed by atoms with Crippen molar-refractivity contribution in [3.63, 3.8) is 0 Å². The predicted molar refractivity (Wildman–Crippen MR) is 171 cm³/mol. The quantitative estimate of drug-likeness (QED) is 0.196. The SMILES string of the molecule is O=C(O)c1ccc(-c2ccccc2CC(=O)N(Cc2ccccc2)C2c3ccccc3CCC2Cc2ccccc2)cc1. The highest BCUT2D eigenvalue weighted by Gasteiger charge is 2.36. The van der Waals surface area contributed by atoms with E-state index >= 15 is 0 Å². The summed E-state index contributed by atoms with van der Waals surface area (Å²) in [5.74, 6) is -0.591. The van der Waals surface area contributed by atoms with Gasteiger partial charge in [0, 0.05) is 6.54 Å². The molecule has 214 valence electrons. The Morgan fingerprint density at radius 1 is 0.698 bits per heavy atom. The first-order valence-corrected chi connectivity index (χ1v) is 14.9. The molecule has 1 aliphatic carbocycles. The molecule has 0 saturated heterocycles. The van der Waals surface area contributed by atoms with Crippen LogP contribution in [0.3, 0.4) is 0 Å². The van der Waals surface area contributed by atoms with Crippen LogP contribution in [0.1, 0.15) is 50.6 Å². The molecule has 0 bridgehead atoms. The fourth-order valence-electron chi connectivity index (χ4n) is 6.49. The lowest BCUT2D eigenvalue weighted by Crippen LogP contribution is -2.42. The number of benzene rings is 5. The minimum absolute atomic E-state index is 0.0557. The van der Waals surface area contributed by atoms with Gasteiger partial charge in [-0.2, -0.15) is 0 Å². The summed E-state index contributed by atoms with van der Waals surface area (Å²) in [5.41, 5.74) is 7.97. The van der Waals surface area contributed by atoms with Crippen LogP contribution in [0.5, 0.6) is 0 Å². The van der Waals surface area contributed by atoms with Gasteiger partial charge in [-0.25, -0.2) is 4.79 Å². The van der Waals surface area contributed by atoms with Crippen LogP contribution in [0.15, 0.2) is 133 Å². The number of hydrogen-bond donors (Lipinski definition) is 1. The number of amides is 1. The van der Waals surface area contributed by atoms with E-state index in [1.807, 2.05) is 54.6 Å². The lowest BCUT2D eigenvalue weighted by molar-refractivity contribution is -0.135. The molecule has 43 heavy (non-hydrogen) atoms. The van der Waals surface area contributed by atoms with Gasteiger partial charge in [-0.3, -0.25) is 4.79 Å². The van der Waals surface area contributed by atoms with Gasteiger partial charge in [0.1, 0.15) is 0 Å². The zero-order valence-corrected chi connectivity index (χ0v) is 24.1. The van der Waals surface area contributed by atoms with E-state index in [9.17, 15) is 14.7 Å². The van der Waals surface area contributed by atoms with Crippen molar-refractivity contribution < 1.29 is 14.7 Å². The second kappa shape index (κ2) is 12.9. The Hall–Kier alpha value is -4.96. The number of rotatable bonds is 9. The maximum absolute atomic E-state index is 14.6. The van der Waals surface area contributed by atoms with Gasteiger partial charge in [0.25, 0.3) is 0 Å². The molecule has 0 radical (unpaired) electrons. The summed E-state index contributed by atoms with van der Waals surface area (Å²) in [7, 11) is 0. The summed E-state index contributed by atoms with van der Waals surface area (Å²) < 4.78 is 0. The first-order valence-electron chi connectivity index (χ1n) is 14.9. The highest BCUT2D eigenvalue weighted by Crippen LogP contribution is 2.41. The van der Waals surface area contributed by atoms with Gasteiger partial charge in [-0.05, 0) is 76.3 Å². The summed E-state index contributed by atoms with van der Waals surface area (Å²) in [4.78, 5) is 28.1. The van der Waals surface area contributed by atoms with E-state index in [0.29, 0.717) is 6.54 Å². The summed E-state index contributed by atoms with van der Waals surface area (Å²) in [6.45, 7) is 0.527. The number of hydrogen-bond acceptors (Lipinski definition) is 2. The fraction of sp³-hybridized carbons (Fsp3) is 0.179. The van der Waals surface area contributed by atoms with Crippen LogP contribution >= 0.6 is 0 Å². The van der Waals surface area contributed by atoms with Gasteiger partial charge in [-0.1, -0.05) is 121 Å². The van der Waals surface area contributed by atoms with Crippen molar-refractivity contribution in [3.05, 3.63) is 167 Å². The smallest absolute Gasteiger partial charge is 0.335 e. The van der Waals surface area contributed by atoms with E-state index in [0.717, 1.165) is 41.5 Å². The summed E-state index contributed by atoms with van der Waals surface area (Å²) in [6, 6.07) is 44.3. The molecule has 5 aromatic rings. The van der Waals surface area contributed by atoms with Gasteiger partial charge in [0.05, 0.1) is 18.0 Å². The van der Waals surface area contributed by atoms with Crippen molar-refractivity contribution in [1.82, 2.24) is 4.90 Å². The molecule has 4 nitrogen and oxygen atoms in total. The molecule has 5 aromatic carbocycles. The minimum atomic E-state index is -0.954. The Kier molecular flexibility index (Phi) is 8.46. The van der Waals surface area contributed by atoms with E-state index in [1.54, 1.807) is 12.1 Å². The molecular formula is C39H35NO3. The van der Waals surface area contributed by atoms with Crippen molar-refractivity contribution in [3.8, 4) is 11.1 Å². The molecule has 1 N–H and O–H groups in total. The van der Waals surface area contributed by atoms with Gasteiger partial charge in [0.15, 0.2) is 0 Å². The molecule has 2 atom stereocenters. The Labute approximate surface area is 253 Å². The third kappa shape index (κ3) is 6.44. The normalized spacial score (nSPS) is 15.8. The monoisotopic (exact) mass is 565 g/mol. The average Bonchev–Trinajstić information content (AvgIpc) is 3.05. The van der Waals surface area contributed by atoms with Crippen LogP contribution in [0.4, 0.5) is 0 Å². The Morgan fingerprint density at radius 2 is 1.33 bits per heavy atom. The molecule has 0 spiro atoms. The highest BCUT2D eigenvalue weighted by atomic mass is 16.4. The number of fused-ring (bicyclic) bond motifs is 1. The molecule has 6 rings (SSSR count). The number of carbonyl (C=O) groups excluding carboxylic acids is 1. The minimum Gasteiger partial charge on any atom is -0.478 e. The van der Waals surface area contributed by atoms with Gasteiger partial charge in [-0.15, -0.1) is 0 Å². The third-order valence-electron chi connectivity index (χ3n) is 8.60. The van der Waals surface area contributed by atoms with E-state index in [2.05, 4.69) is 71.6 Å². The molecule has 0 aromatic heterocycles.